The Hall–Kier alpha value is -2.53. The summed E-state index contributed by atoms with van der Waals surface area (Å²) < 4.78 is 15.0. The van der Waals surface area contributed by atoms with E-state index in [0.717, 1.165) is 43.0 Å². The minimum atomic E-state index is -0.188. The normalized spacial score (nSPS) is 18.1. The standard InChI is InChI=1S/C19H19FN4/c20-16-8-6-15(7-9-16)13-23-11-2-4-18(23)17-3-1-5-19(22-17)24-12-10-21-14-24/h1,3,5-10,12,14,18H,2,4,11,13H2/t18-/m0/s1. The average molecular weight is 322 g/mol. The lowest BCUT2D eigenvalue weighted by molar-refractivity contribution is 0.244. The van der Waals surface area contributed by atoms with Gasteiger partial charge in [0, 0.05) is 18.9 Å². The number of pyridine rings is 1. The maximum Gasteiger partial charge on any atom is 0.138 e. The number of halogens is 1. The van der Waals surface area contributed by atoms with E-state index in [1.165, 1.54) is 12.1 Å². The van der Waals surface area contributed by atoms with Crippen molar-refractivity contribution in [3.63, 3.8) is 0 Å². The van der Waals surface area contributed by atoms with Gasteiger partial charge in [-0.05, 0) is 49.2 Å². The van der Waals surface area contributed by atoms with Crippen LogP contribution in [0.15, 0.2) is 61.2 Å². The Balaban J connectivity index is 1.56. The van der Waals surface area contributed by atoms with Crippen LogP contribution in [0.2, 0.25) is 0 Å². The fourth-order valence-electron chi connectivity index (χ4n) is 3.34. The van der Waals surface area contributed by atoms with Crippen LogP contribution in [0.1, 0.15) is 30.1 Å². The van der Waals surface area contributed by atoms with Gasteiger partial charge in [0.1, 0.15) is 18.0 Å². The van der Waals surface area contributed by atoms with Crippen LogP contribution in [0.25, 0.3) is 5.82 Å². The fourth-order valence-corrected chi connectivity index (χ4v) is 3.34. The molecule has 1 fully saturated rings. The highest BCUT2D eigenvalue weighted by Crippen LogP contribution is 2.32. The van der Waals surface area contributed by atoms with Gasteiger partial charge in [-0.15, -0.1) is 0 Å². The van der Waals surface area contributed by atoms with E-state index in [1.54, 1.807) is 12.5 Å². The van der Waals surface area contributed by atoms with Crippen molar-refractivity contribution < 1.29 is 4.39 Å². The van der Waals surface area contributed by atoms with Crippen LogP contribution < -0.4 is 0 Å². The Morgan fingerprint density at radius 2 is 2.00 bits per heavy atom. The van der Waals surface area contributed by atoms with Crippen LogP contribution in [-0.4, -0.2) is 26.0 Å². The van der Waals surface area contributed by atoms with Crippen molar-refractivity contribution in [2.45, 2.75) is 25.4 Å². The Bertz CT molecular complexity index is 798. The molecule has 0 bridgehead atoms. The molecule has 2 aromatic heterocycles. The number of imidazole rings is 1. The highest BCUT2D eigenvalue weighted by atomic mass is 19.1. The molecule has 3 aromatic rings. The SMILES string of the molecule is Fc1ccc(CN2CCC[C@H]2c2cccc(-n3ccnc3)n2)cc1. The van der Waals surface area contributed by atoms with Crippen molar-refractivity contribution in [2.75, 3.05) is 6.54 Å². The summed E-state index contributed by atoms with van der Waals surface area (Å²) in [6.45, 7) is 1.86. The average Bonchev–Trinajstić information content (AvgIpc) is 3.29. The van der Waals surface area contributed by atoms with E-state index in [0.29, 0.717) is 6.04 Å². The van der Waals surface area contributed by atoms with E-state index in [2.05, 4.69) is 16.0 Å². The van der Waals surface area contributed by atoms with Crippen LogP contribution in [0.3, 0.4) is 0 Å². The second-order valence-electron chi connectivity index (χ2n) is 6.15. The number of hydrogen-bond donors (Lipinski definition) is 0. The molecule has 1 aliphatic heterocycles. The smallest absolute Gasteiger partial charge is 0.138 e. The second kappa shape index (κ2) is 6.53. The predicted molar refractivity (Wildman–Crippen MR) is 90.1 cm³/mol. The van der Waals surface area contributed by atoms with E-state index in [4.69, 9.17) is 4.98 Å². The Kier molecular flexibility index (Phi) is 4.09. The third-order valence-electron chi connectivity index (χ3n) is 4.53. The Labute approximate surface area is 140 Å². The van der Waals surface area contributed by atoms with Gasteiger partial charge in [-0.25, -0.2) is 14.4 Å². The molecule has 1 saturated heterocycles. The summed E-state index contributed by atoms with van der Waals surface area (Å²) in [5.74, 6) is 0.699. The molecule has 4 nitrogen and oxygen atoms in total. The summed E-state index contributed by atoms with van der Waals surface area (Å²) in [4.78, 5) is 11.3. The van der Waals surface area contributed by atoms with E-state index in [-0.39, 0.29) is 5.82 Å². The molecular weight excluding hydrogens is 303 g/mol. The van der Waals surface area contributed by atoms with Crippen molar-refractivity contribution >= 4 is 0 Å². The summed E-state index contributed by atoms with van der Waals surface area (Å²) in [6, 6.07) is 13.2. The third-order valence-corrected chi connectivity index (χ3v) is 4.53. The first-order valence-corrected chi connectivity index (χ1v) is 8.23. The number of nitrogens with zero attached hydrogens (tertiary/aromatic N) is 4. The molecule has 3 heterocycles. The van der Waals surface area contributed by atoms with Gasteiger partial charge in [-0.3, -0.25) is 9.47 Å². The molecule has 122 valence electrons. The summed E-state index contributed by atoms with van der Waals surface area (Å²) >= 11 is 0. The van der Waals surface area contributed by atoms with Crippen molar-refractivity contribution in [3.05, 3.63) is 78.3 Å². The first-order valence-electron chi connectivity index (χ1n) is 8.23. The van der Waals surface area contributed by atoms with E-state index in [1.807, 2.05) is 35.0 Å². The molecule has 0 N–H and O–H groups in total. The van der Waals surface area contributed by atoms with Gasteiger partial charge in [0.2, 0.25) is 0 Å². The molecule has 1 aromatic carbocycles. The van der Waals surface area contributed by atoms with Gasteiger partial charge >= 0.3 is 0 Å². The fraction of sp³-hybridized carbons (Fsp3) is 0.263. The molecule has 0 spiro atoms. The summed E-state index contributed by atoms with van der Waals surface area (Å²) in [5.41, 5.74) is 2.22. The van der Waals surface area contributed by atoms with Gasteiger partial charge in [-0.1, -0.05) is 18.2 Å². The van der Waals surface area contributed by atoms with Crippen molar-refractivity contribution in [1.82, 2.24) is 19.4 Å². The highest BCUT2D eigenvalue weighted by molar-refractivity contribution is 5.26. The minimum Gasteiger partial charge on any atom is -0.291 e. The number of rotatable bonds is 4. The predicted octanol–water partition coefficient (Wildman–Crippen LogP) is 3.74. The van der Waals surface area contributed by atoms with Crippen LogP contribution in [0, 0.1) is 5.82 Å². The second-order valence-corrected chi connectivity index (χ2v) is 6.15. The zero-order valence-electron chi connectivity index (χ0n) is 13.3. The molecule has 1 aliphatic rings. The van der Waals surface area contributed by atoms with Gasteiger partial charge in [0.25, 0.3) is 0 Å². The molecule has 5 heteroatoms. The molecule has 0 saturated carbocycles. The number of hydrogen-bond acceptors (Lipinski definition) is 3. The zero-order chi connectivity index (χ0) is 16.4. The van der Waals surface area contributed by atoms with E-state index < -0.39 is 0 Å². The quantitative estimate of drug-likeness (QED) is 0.734. The molecule has 0 amide bonds. The Morgan fingerprint density at radius 3 is 2.79 bits per heavy atom. The van der Waals surface area contributed by atoms with Crippen LogP contribution in [0.5, 0.6) is 0 Å². The van der Waals surface area contributed by atoms with Crippen LogP contribution in [0.4, 0.5) is 4.39 Å². The van der Waals surface area contributed by atoms with Gasteiger partial charge in [-0.2, -0.15) is 0 Å². The third kappa shape index (κ3) is 3.08. The maximum atomic E-state index is 13.1. The van der Waals surface area contributed by atoms with Crippen LogP contribution >= 0.6 is 0 Å². The monoisotopic (exact) mass is 322 g/mol. The lowest BCUT2D eigenvalue weighted by Crippen LogP contribution is -2.23. The van der Waals surface area contributed by atoms with E-state index in [9.17, 15) is 4.39 Å². The van der Waals surface area contributed by atoms with Gasteiger partial charge in [0.15, 0.2) is 0 Å². The minimum absolute atomic E-state index is 0.188. The lowest BCUT2D eigenvalue weighted by atomic mass is 10.1. The zero-order valence-corrected chi connectivity index (χ0v) is 13.3. The molecule has 0 unspecified atom stereocenters. The van der Waals surface area contributed by atoms with Crippen molar-refractivity contribution in [3.8, 4) is 5.82 Å². The highest BCUT2D eigenvalue weighted by Gasteiger charge is 2.27. The Morgan fingerprint density at radius 1 is 1.12 bits per heavy atom. The summed E-state index contributed by atoms with van der Waals surface area (Å²) in [5, 5.41) is 0. The first kappa shape index (κ1) is 15.0. The van der Waals surface area contributed by atoms with Crippen molar-refractivity contribution in [2.24, 2.45) is 0 Å². The summed E-state index contributed by atoms with van der Waals surface area (Å²) in [7, 11) is 0. The molecule has 0 aliphatic carbocycles. The first-order chi connectivity index (χ1) is 11.8. The molecule has 1 atom stereocenters. The maximum absolute atomic E-state index is 13.1. The summed E-state index contributed by atoms with van der Waals surface area (Å²) in [6.07, 6.45) is 7.67. The molecule has 4 rings (SSSR count). The number of likely N-dealkylation sites (tertiary alicyclic amines) is 1. The molecular formula is C19H19FN4. The topological polar surface area (TPSA) is 34.0 Å². The van der Waals surface area contributed by atoms with Crippen LogP contribution in [-0.2, 0) is 6.54 Å². The van der Waals surface area contributed by atoms with Gasteiger partial charge < -0.3 is 0 Å². The van der Waals surface area contributed by atoms with Gasteiger partial charge in [0.05, 0.1) is 11.7 Å². The molecule has 24 heavy (non-hydrogen) atoms. The van der Waals surface area contributed by atoms with E-state index >= 15 is 0 Å². The van der Waals surface area contributed by atoms with Crippen molar-refractivity contribution in [1.29, 1.82) is 0 Å². The number of aromatic nitrogens is 3. The molecule has 0 radical (unpaired) electrons. The largest absolute Gasteiger partial charge is 0.291 e. The lowest BCUT2D eigenvalue weighted by Gasteiger charge is -2.24. The number of benzene rings is 1.